The van der Waals surface area contributed by atoms with E-state index in [0.29, 0.717) is 12.2 Å². The summed E-state index contributed by atoms with van der Waals surface area (Å²) in [5.41, 5.74) is 6.08. The van der Waals surface area contributed by atoms with E-state index < -0.39 is 24.1 Å². The van der Waals surface area contributed by atoms with Gasteiger partial charge in [0, 0.05) is 12.2 Å². The Morgan fingerprint density at radius 3 is 2.38 bits per heavy atom. The number of aromatic nitrogens is 3. The number of rotatable bonds is 7. The molecule has 1 aromatic carbocycles. The lowest BCUT2D eigenvalue weighted by Crippen LogP contribution is -2.29. The van der Waals surface area contributed by atoms with Gasteiger partial charge in [0.1, 0.15) is 0 Å². The quantitative estimate of drug-likeness (QED) is 0.776. The summed E-state index contributed by atoms with van der Waals surface area (Å²) in [6.07, 6.45) is -2.38. The standard InChI is InChI=1S/C15H17F4N5/c1-2-3-9-24(10-7-5-4-6-8-10)14-22-12(21-13(20)23-14)15(18,19)11(16)17/h4-8,11H,2-3,9H2,1H3,(H2,20,21,22,23). The zero-order valence-corrected chi connectivity index (χ0v) is 13.0. The molecule has 0 spiro atoms. The highest BCUT2D eigenvalue weighted by molar-refractivity contribution is 5.57. The molecule has 0 fully saturated rings. The predicted octanol–water partition coefficient (Wildman–Crippen LogP) is 3.75. The van der Waals surface area contributed by atoms with Crippen LogP contribution < -0.4 is 10.6 Å². The zero-order valence-electron chi connectivity index (χ0n) is 13.0. The van der Waals surface area contributed by atoms with Crippen LogP contribution in [-0.4, -0.2) is 27.9 Å². The van der Waals surface area contributed by atoms with Gasteiger partial charge in [0.05, 0.1) is 0 Å². The largest absolute Gasteiger partial charge is 0.368 e. The van der Waals surface area contributed by atoms with Gasteiger partial charge in [-0.05, 0) is 18.6 Å². The third kappa shape index (κ3) is 3.90. The minimum Gasteiger partial charge on any atom is -0.368 e. The topological polar surface area (TPSA) is 67.9 Å². The monoisotopic (exact) mass is 343 g/mol. The molecule has 0 amide bonds. The Labute approximate surface area is 136 Å². The lowest BCUT2D eigenvalue weighted by atomic mass is 10.2. The SMILES string of the molecule is CCCCN(c1ccccc1)c1nc(N)nc(C(F)(F)C(F)F)n1. The highest BCUT2D eigenvalue weighted by Crippen LogP contribution is 2.33. The van der Waals surface area contributed by atoms with Crippen molar-refractivity contribution < 1.29 is 17.6 Å². The maximum atomic E-state index is 13.6. The van der Waals surface area contributed by atoms with Gasteiger partial charge in [-0.15, -0.1) is 0 Å². The summed E-state index contributed by atoms with van der Waals surface area (Å²) in [6, 6.07) is 8.78. The second-order valence-electron chi connectivity index (χ2n) is 5.08. The molecule has 0 aliphatic carbocycles. The van der Waals surface area contributed by atoms with E-state index in [1.807, 2.05) is 6.92 Å². The minimum atomic E-state index is -4.50. The predicted molar refractivity (Wildman–Crippen MR) is 82.5 cm³/mol. The molecule has 1 heterocycles. The maximum absolute atomic E-state index is 13.6. The summed E-state index contributed by atoms with van der Waals surface area (Å²) in [4.78, 5) is 12.1. The molecule has 0 saturated carbocycles. The number of nitrogens with two attached hydrogens (primary N) is 1. The number of benzene rings is 1. The fraction of sp³-hybridized carbons (Fsp3) is 0.400. The molecule has 2 N–H and O–H groups in total. The Morgan fingerprint density at radius 1 is 1.12 bits per heavy atom. The molecule has 0 atom stereocenters. The van der Waals surface area contributed by atoms with Crippen LogP contribution in [0, 0.1) is 0 Å². The van der Waals surface area contributed by atoms with Crippen LogP contribution in [0.4, 0.5) is 35.1 Å². The second-order valence-corrected chi connectivity index (χ2v) is 5.08. The van der Waals surface area contributed by atoms with Gasteiger partial charge in [0.25, 0.3) is 0 Å². The number of nitrogen functional groups attached to an aromatic ring is 1. The highest BCUT2D eigenvalue weighted by atomic mass is 19.3. The Morgan fingerprint density at radius 2 is 1.79 bits per heavy atom. The van der Waals surface area contributed by atoms with Crippen LogP contribution in [0.25, 0.3) is 0 Å². The van der Waals surface area contributed by atoms with Crippen LogP contribution in [0.1, 0.15) is 25.6 Å². The normalized spacial score (nSPS) is 11.8. The molecule has 1 aromatic heterocycles. The zero-order chi connectivity index (χ0) is 17.7. The van der Waals surface area contributed by atoms with Crippen molar-refractivity contribution in [2.45, 2.75) is 32.1 Å². The number of nitrogens with zero attached hydrogens (tertiary/aromatic N) is 4. The molecular formula is C15H17F4N5. The maximum Gasteiger partial charge on any atom is 0.365 e. The molecule has 9 heteroatoms. The fourth-order valence-corrected chi connectivity index (χ4v) is 2.02. The Hall–Kier alpha value is -2.45. The van der Waals surface area contributed by atoms with Gasteiger partial charge in [-0.25, -0.2) is 8.78 Å². The van der Waals surface area contributed by atoms with Gasteiger partial charge in [0.15, 0.2) is 0 Å². The van der Waals surface area contributed by atoms with E-state index in [2.05, 4.69) is 15.0 Å². The van der Waals surface area contributed by atoms with Gasteiger partial charge in [0.2, 0.25) is 17.7 Å². The van der Waals surface area contributed by atoms with Gasteiger partial charge >= 0.3 is 12.3 Å². The molecule has 0 saturated heterocycles. The molecule has 130 valence electrons. The van der Waals surface area contributed by atoms with E-state index in [-0.39, 0.29) is 5.95 Å². The van der Waals surface area contributed by atoms with E-state index in [1.165, 1.54) is 0 Å². The third-order valence-corrected chi connectivity index (χ3v) is 3.26. The summed E-state index contributed by atoms with van der Waals surface area (Å²) in [5.74, 6) is -6.55. The molecule has 0 aliphatic rings. The number of hydrogen-bond acceptors (Lipinski definition) is 5. The number of para-hydroxylation sites is 1. The van der Waals surface area contributed by atoms with Crippen molar-refractivity contribution in [3.8, 4) is 0 Å². The molecule has 2 rings (SSSR count). The van der Waals surface area contributed by atoms with Gasteiger partial charge < -0.3 is 10.6 Å². The molecule has 5 nitrogen and oxygen atoms in total. The van der Waals surface area contributed by atoms with E-state index in [0.717, 1.165) is 12.8 Å². The summed E-state index contributed by atoms with van der Waals surface area (Å²) >= 11 is 0. The average molecular weight is 343 g/mol. The first-order valence-electron chi connectivity index (χ1n) is 7.36. The summed E-state index contributed by atoms with van der Waals surface area (Å²) in [5, 5.41) is 0. The lowest BCUT2D eigenvalue weighted by molar-refractivity contribution is -0.140. The molecule has 0 aliphatic heterocycles. The Balaban J connectivity index is 2.48. The number of anilines is 3. The van der Waals surface area contributed by atoms with Gasteiger partial charge in [-0.3, -0.25) is 0 Å². The Bertz CT molecular complexity index is 666. The van der Waals surface area contributed by atoms with Crippen molar-refractivity contribution >= 4 is 17.6 Å². The van der Waals surface area contributed by atoms with Crippen molar-refractivity contribution in [1.29, 1.82) is 0 Å². The average Bonchev–Trinajstić information content (AvgIpc) is 2.55. The van der Waals surface area contributed by atoms with Crippen molar-refractivity contribution in [3.05, 3.63) is 36.2 Å². The summed E-state index contributed by atoms with van der Waals surface area (Å²) in [7, 11) is 0. The first-order chi connectivity index (χ1) is 11.4. The first kappa shape index (κ1) is 17.9. The van der Waals surface area contributed by atoms with Crippen LogP contribution in [0.5, 0.6) is 0 Å². The molecule has 0 unspecified atom stereocenters. The minimum absolute atomic E-state index is 0.183. The van der Waals surface area contributed by atoms with E-state index in [1.54, 1.807) is 35.2 Å². The molecule has 0 bridgehead atoms. The smallest absolute Gasteiger partial charge is 0.365 e. The van der Waals surface area contributed by atoms with Crippen molar-refractivity contribution in [3.63, 3.8) is 0 Å². The van der Waals surface area contributed by atoms with Crippen LogP contribution in [0.15, 0.2) is 30.3 Å². The van der Waals surface area contributed by atoms with Crippen molar-refractivity contribution in [2.24, 2.45) is 0 Å². The van der Waals surface area contributed by atoms with Crippen molar-refractivity contribution in [1.82, 2.24) is 15.0 Å². The summed E-state index contributed by atoms with van der Waals surface area (Å²) < 4.78 is 52.3. The molecule has 24 heavy (non-hydrogen) atoms. The van der Waals surface area contributed by atoms with Gasteiger partial charge in [-0.1, -0.05) is 31.5 Å². The second kappa shape index (κ2) is 7.41. The first-order valence-corrected chi connectivity index (χ1v) is 7.36. The Kier molecular flexibility index (Phi) is 5.53. The molecular weight excluding hydrogens is 326 g/mol. The number of hydrogen-bond donors (Lipinski definition) is 1. The van der Waals surface area contributed by atoms with Gasteiger partial charge in [-0.2, -0.15) is 23.7 Å². The van der Waals surface area contributed by atoms with Crippen molar-refractivity contribution in [2.75, 3.05) is 17.2 Å². The van der Waals surface area contributed by atoms with Crippen LogP contribution in [0.3, 0.4) is 0 Å². The number of halogens is 4. The van der Waals surface area contributed by atoms with Crippen LogP contribution >= 0.6 is 0 Å². The van der Waals surface area contributed by atoms with Crippen LogP contribution in [-0.2, 0) is 5.92 Å². The molecule has 2 aromatic rings. The lowest BCUT2D eigenvalue weighted by Gasteiger charge is -2.24. The number of alkyl halides is 4. The van der Waals surface area contributed by atoms with E-state index in [9.17, 15) is 17.6 Å². The number of unbranched alkanes of at least 4 members (excludes halogenated alkanes) is 1. The fourth-order valence-electron chi connectivity index (χ4n) is 2.02. The summed E-state index contributed by atoms with van der Waals surface area (Å²) in [6.45, 7) is 2.38. The highest BCUT2D eigenvalue weighted by Gasteiger charge is 2.46. The van der Waals surface area contributed by atoms with E-state index in [4.69, 9.17) is 5.73 Å². The van der Waals surface area contributed by atoms with Crippen LogP contribution in [0.2, 0.25) is 0 Å². The third-order valence-electron chi connectivity index (χ3n) is 3.26. The van der Waals surface area contributed by atoms with E-state index >= 15 is 0 Å². The molecule has 0 radical (unpaired) electrons.